The number of benzene rings is 1. The average Bonchev–Trinajstić information content (AvgIpc) is 2.86. The number of aliphatic hydroxyl groups excluding tert-OH is 1. The van der Waals surface area contributed by atoms with Gasteiger partial charge < -0.3 is 5.11 Å². The fraction of sp³-hybridized carbons (Fsp3) is 0.143. The van der Waals surface area contributed by atoms with E-state index in [0.29, 0.717) is 0 Å². The van der Waals surface area contributed by atoms with Crippen LogP contribution in [-0.2, 0) is 6.61 Å². The lowest BCUT2D eigenvalue weighted by atomic mass is 10.1. The highest BCUT2D eigenvalue weighted by Gasteiger charge is 2.09. The second kappa shape index (κ2) is 4.48. The predicted molar refractivity (Wildman–Crippen MR) is 73.5 cm³/mol. The van der Waals surface area contributed by atoms with Crippen LogP contribution in [0.4, 0.5) is 0 Å². The van der Waals surface area contributed by atoms with Crippen molar-refractivity contribution >= 4 is 22.2 Å². The van der Waals surface area contributed by atoms with E-state index < -0.39 is 0 Å². The fourth-order valence-corrected chi connectivity index (χ4v) is 2.79. The quantitative estimate of drug-likeness (QED) is 0.766. The largest absolute Gasteiger partial charge is 0.391 e. The van der Waals surface area contributed by atoms with E-state index in [1.807, 2.05) is 31.2 Å². The summed E-state index contributed by atoms with van der Waals surface area (Å²) >= 11 is 1.52. The number of hydrogen-bond acceptors (Lipinski definition) is 4. The highest BCUT2D eigenvalue weighted by Crippen LogP contribution is 2.31. The van der Waals surface area contributed by atoms with Crippen LogP contribution in [0.2, 0.25) is 0 Å². The molecule has 0 aliphatic rings. The van der Waals surface area contributed by atoms with Crippen molar-refractivity contribution < 1.29 is 5.11 Å². The van der Waals surface area contributed by atoms with E-state index in [4.69, 9.17) is 5.11 Å². The molecule has 0 radical (unpaired) electrons. The summed E-state index contributed by atoms with van der Waals surface area (Å²) < 4.78 is 0. The maximum absolute atomic E-state index is 9.12. The van der Waals surface area contributed by atoms with Gasteiger partial charge in [-0.05, 0) is 19.1 Å². The van der Waals surface area contributed by atoms with Gasteiger partial charge in [-0.3, -0.25) is 4.98 Å². The Morgan fingerprint density at radius 2 is 2.11 bits per heavy atom. The molecule has 0 bridgehead atoms. The maximum Gasteiger partial charge on any atom is 0.124 e. The summed E-state index contributed by atoms with van der Waals surface area (Å²) in [6.45, 7) is 2.02. The lowest BCUT2D eigenvalue weighted by molar-refractivity contribution is 0.285. The van der Waals surface area contributed by atoms with Crippen LogP contribution in [0, 0.1) is 6.92 Å². The lowest BCUT2D eigenvalue weighted by Crippen LogP contribution is -1.87. The minimum absolute atomic E-state index is 0.0413. The van der Waals surface area contributed by atoms with E-state index in [-0.39, 0.29) is 6.61 Å². The number of thiazole rings is 1. The van der Waals surface area contributed by atoms with Gasteiger partial charge in [-0.25, -0.2) is 4.98 Å². The molecule has 18 heavy (non-hydrogen) atoms. The van der Waals surface area contributed by atoms with Crippen molar-refractivity contribution in [2.75, 3.05) is 0 Å². The summed E-state index contributed by atoms with van der Waals surface area (Å²) in [4.78, 5) is 9.77. The first-order chi connectivity index (χ1) is 8.78. The van der Waals surface area contributed by atoms with E-state index >= 15 is 0 Å². The molecule has 0 spiro atoms. The molecule has 0 fully saturated rings. The zero-order chi connectivity index (χ0) is 12.5. The van der Waals surface area contributed by atoms with Crippen molar-refractivity contribution in [3.8, 4) is 10.6 Å². The van der Waals surface area contributed by atoms with Crippen LogP contribution in [-0.4, -0.2) is 15.1 Å². The molecule has 3 aromatic rings. The average molecular weight is 256 g/mol. The van der Waals surface area contributed by atoms with Gasteiger partial charge in [-0.1, -0.05) is 18.2 Å². The van der Waals surface area contributed by atoms with Gasteiger partial charge in [0.2, 0.25) is 0 Å². The SMILES string of the molecule is Cc1cc(-c2ncc(CO)s2)c2ccccc2n1. The van der Waals surface area contributed by atoms with Gasteiger partial charge in [0.1, 0.15) is 5.01 Å². The van der Waals surface area contributed by atoms with Gasteiger partial charge in [0.25, 0.3) is 0 Å². The molecule has 0 atom stereocenters. The highest BCUT2D eigenvalue weighted by molar-refractivity contribution is 7.15. The van der Waals surface area contributed by atoms with E-state index in [1.165, 1.54) is 11.3 Å². The molecule has 2 heterocycles. The molecular weight excluding hydrogens is 244 g/mol. The van der Waals surface area contributed by atoms with Crippen LogP contribution < -0.4 is 0 Å². The molecule has 0 unspecified atom stereocenters. The van der Waals surface area contributed by atoms with Gasteiger partial charge in [0.05, 0.1) is 17.0 Å². The van der Waals surface area contributed by atoms with Crippen molar-refractivity contribution in [3.63, 3.8) is 0 Å². The van der Waals surface area contributed by atoms with Crippen LogP contribution >= 0.6 is 11.3 Å². The Bertz CT molecular complexity index is 706. The Morgan fingerprint density at radius 1 is 1.28 bits per heavy atom. The molecule has 0 aliphatic heterocycles. The van der Waals surface area contributed by atoms with Crippen LogP contribution in [0.3, 0.4) is 0 Å². The van der Waals surface area contributed by atoms with Crippen molar-refractivity contribution in [2.24, 2.45) is 0 Å². The first-order valence-corrected chi connectivity index (χ1v) is 6.52. The summed E-state index contributed by atoms with van der Waals surface area (Å²) in [6.07, 6.45) is 1.73. The molecule has 1 aromatic carbocycles. The number of rotatable bonds is 2. The minimum Gasteiger partial charge on any atom is -0.391 e. The molecule has 0 aliphatic carbocycles. The fourth-order valence-electron chi connectivity index (χ4n) is 1.99. The lowest BCUT2D eigenvalue weighted by Gasteiger charge is -2.04. The monoisotopic (exact) mass is 256 g/mol. The van der Waals surface area contributed by atoms with Crippen LogP contribution in [0.25, 0.3) is 21.5 Å². The van der Waals surface area contributed by atoms with Crippen molar-refractivity contribution in [1.82, 2.24) is 9.97 Å². The summed E-state index contributed by atoms with van der Waals surface area (Å²) in [7, 11) is 0. The maximum atomic E-state index is 9.12. The Morgan fingerprint density at radius 3 is 2.89 bits per heavy atom. The standard InChI is InChI=1S/C14H12N2OS/c1-9-6-12(14-15-7-10(8-17)18-14)11-4-2-3-5-13(11)16-9/h2-7,17H,8H2,1H3. The van der Waals surface area contributed by atoms with Crippen LogP contribution in [0.15, 0.2) is 36.5 Å². The van der Waals surface area contributed by atoms with Crippen molar-refractivity contribution in [2.45, 2.75) is 13.5 Å². The van der Waals surface area contributed by atoms with E-state index in [2.05, 4.69) is 16.0 Å². The molecule has 0 saturated heterocycles. The molecule has 90 valence electrons. The molecule has 3 nitrogen and oxygen atoms in total. The first-order valence-electron chi connectivity index (χ1n) is 5.70. The third kappa shape index (κ3) is 1.89. The number of aliphatic hydroxyl groups is 1. The number of aryl methyl sites for hydroxylation is 1. The summed E-state index contributed by atoms with van der Waals surface area (Å²) in [5.41, 5.74) is 3.04. The third-order valence-electron chi connectivity index (χ3n) is 2.78. The van der Waals surface area contributed by atoms with Gasteiger partial charge in [-0.2, -0.15) is 0 Å². The molecule has 2 aromatic heterocycles. The smallest absolute Gasteiger partial charge is 0.124 e. The summed E-state index contributed by atoms with van der Waals surface area (Å²) in [5.74, 6) is 0. The van der Waals surface area contributed by atoms with E-state index in [0.717, 1.165) is 32.0 Å². The van der Waals surface area contributed by atoms with Crippen molar-refractivity contribution in [1.29, 1.82) is 0 Å². The predicted octanol–water partition coefficient (Wildman–Crippen LogP) is 3.16. The van der Waals surface area contributed by atoms with Crippen molar-refractivity contribution in [3.05, 3.63) is 47.1 Å². The first kappa shape index (κ1) is 11.3. The zero-order valence-corrected chi connectivity index (χ0v) is 10.7. The number of aromatic nitrogens is 2. The van der Waals surface area contributed by atoms with E-state index in [1.54, 1.807) is 6.20 Å². The van der Waals surface area contributed by atoms with Gasteiger partial charge >= 0.3 is 0 Å². The van der Waals surface area contributed by atoms with Crippen LogP contribution in [0.1, 0.15) is 10.6 Å². The van der Waals surface area contributed by atoms with Gasteiger partial charge in [0.15, 0.2) is 0 Å². The number of para-hydroxylation sites is 1. The summed E-state index contributed by atoms with van der Waals surface area (Å²) in [5, 5.41) is 11.2. The Kier molecular flexibility index (Phi) is 2.81. The zero-order valence-electron chi connectivity index (χ0n) is 9.92. The normalized spacial score (nSPS) is 11.0. The number of pyridine rings is 1. The number of fused-ring (bicyclic) bond motifs is 1. The summed E-state index contributed by atoms with van der Waals surface area (Å²) in [6, 6.07) is 10.1. The Balaban J connectivity index is 2.27. The van der Waals surface area contributed by atoms with Crippen LogP contribution in [0.5, 0.6) is 0 Å². The third-order valence-corrected chi connectivity index (χ3v) is 3.80. The number of nitrogens with zero attached hydrogens (tertiary/aromatic N) is 2. The molecule has 3 rings (SSSR count). The minimum atomic E-state index is 0.0413. The molecule has 4 heteroatoms. The Labute approximate surface area is 109 Å². The Hall–Kier alpha value is -1.78. The molecule has 0 amide bonds. The van der Waals surface area contributed by atoms with Gasteiger partial charge in [-0.15, -0.1) is 11.3 Å². The number of hydrogen-bond donors (Lipinski definition) is 1. The van der Waals surface area contributed by atoms with E-state index in [9.17, 15) is 0 Å². The van der Waals surface area contributed by atoms with Gasteiger partial charge in [0, 0.05) is 22.8 Å². The highest BCUT2D eigenvalue weighted by atomic mass is 32.1. The molecule has 0 saturated carbocycles. The molecule has 1 N–H and O–H groups in total. The molecular formula is C14H12N2OS. The second-order valence-electron chi connectivity index (χ2n) is 4.12. The topological polar surface area (TPSA) is 46.0 Å². The second-order valence-corrected chi connectivity index (χ2v) is 5.23.